The van der Waals surface area contributed by atoms with Crippen LogP contribution in [-0.4, -0.2) is 24.4 Å². The number of nitrogens with one attached hydrogen (secondary N) is 2. The number of benzene rings is 2. The minimum absolute atomic E-state index is 0.658. The quantitative estimate of drug-likeness (QED) is 0.755. The molecule has 5 heteroatoms. The van der Waals surface area contributed by atoms with E-state index in [-0.39, 0.29) is 0 Å². The zero-order valence-corrected chi connectivity index (χ0v) is 12.0. The Morgan fingerprint density at radius 1 is 1.14 bits per heavy atom. The third-order valence-corrected chi connectivity index (χ3v) is 3.44. The molecule has 0 saturated carbocycles. The second-order valence-electron chi connectivity index (χ2n) is 4.67. The summed E-state index contributed by atoms with van der Waals surface area (Å²) >= 11 is 0. The van der Waals surface area contributed by atoms with Crippen LogP contribution in [-0.2, 0) is 6.54 Å². The summed E-state index contributed by atoms with van der Waals surface area (Å²) < 4.78 is 10.6. The predicted molar refractivity (Wildman–Crippen MR) is 83.0 cm³/mol. The van der Waals surface area contributed by atoms with E-state index >= 15 is 0 Å². The van der Waals surface area contributed by atoms with Crippen molar-refractivity contribution < 1.29 is 9.47 Å². The standard InChI is InChI=1S/C16H17N3O2/c1-20-13-7-6-11(15(8-13)21-2)9-17-14-5-3-4-12-10-18-19-16(12)14/h3-8,10,17H,9H2,1-2H3,(H,18,19). The van der Waals surface area contributed by atoms with Gasteiger partial charge in [-0.3, -0.25) is 5.10 Å². The van der Waals surface area contributed by atoms with E-state index in [1.54, 1.807) is 14.2 Å². The molecule has 0 aliphatic rings. The zero-order valence-electron chi connectivity index (χ0n) is 12.0. The number of fused-ring (bicyclic) bond motifs is 1. The Labute approximate surface area is 122 Å². The first-order valence-corrected chi connectivity index (χ1v) is 6.68. The highest BCUT2D eigenvalue weighted by Gasteiger charge is 2.07. The molecule has 0 bridgehead atoms. The monoisotopic (exact) mass is 283 g/mol. The fourth-order valence-electron chi connectivity index (χ4n) is 2.30. The third kappa shape index (κ3) is 2.63. The number of aromatic nitrogens is 2. The molecule has 108 valence electrons. The van der Waals surface area contributed by atoms with Crippen LogP contribution in [0.2, 0.25) is 0 Å². The number of ether oxygens (including phenoxy) is 2. The molecular weight excluding hydrogens is 266 g/mol. The lowest BCUT2D eigenvalue weighted by Gasteiger charge is -2.12. The molecule has 0 aliphatic carbocycles. The number of para-hydroxylation sites is 1. The van der Waals surface area contributed by atoms with Crippen LogP contribution in [0.1, 0.15) is 5.56 Å². The van der Waals surface area contributed by atoms with Crippen LogP contribution in [0.3, 0.4) is 0 Å². The maximum atomic E-state index is 5.41. The van der Waals surface area contributed by atoms with Gasteiger partial charge in [-0.2, -0.15) is 5.10 Å². The minimum atomic E-state index is 0.658. The SMILES string of the molecule is COc1ccc(CNc2cccc3cn[nH]c23)c(OC)c1. The molecule has 1 heterocycles. The van der Waals surface area contributed by atoms with Gasteiger partial charge in [0.15, 0.2) is 0 Å². The van der Waals surface area contributed by atoms with Crippen molar-refractivity contribution in [1.82, 2.24) is 10.2 Å². The lowest BCUT2D eigenvalue weighted by molar-refractivity contribution is 0.391. The van der Waals surface area contributed by atoms with Crippen LogP contribution in [0.15, 0.2) is 42.6 Å². The maximum absolute atomic E-state index is 5.41. The molecule has 0 radical (unpaired) electrons. The van der Waals surface area contributed by atoms with Gasteiger partial charge in [0, 0.05) is 23.6 Å². The van der Waals surface area contributed by atoms with Crippen LogP contribution >= 0.6 is 0 Å². The van der Waals surface area contributed by atoms with Crippen molar-refractivity contribution in [2.75, 3.05) is 19.5 Å². The summed E-state index contributed by atoms with van der Waals surface area (Å²) in [6.07, 6.45) is 1.81. The summed E-state index contributed by atoms with van der Waals surface area (Å²) in [5, 5.41) is 11.6. The van der Waals surface area contributed by atoms with E-state index in [0.717, 1.165) is 33.7 Å². The largest absolute Gasteiger partial charge is 0.497 e. The number of methoxy groups -OCH3 is 2. The Bertz CT molecular complexity index is 752. The fraction of sp³-hybridized carbons (Fsp3) is 0.188. The topological polar surface area (TPSA) is 59.2 Å². The number of aromatic amines is 1. The second kappa shape index (κ2) is 5.75. The molecule has 3 rings (SSSR count). The molecule has 2 aromatic carbocycles. The van der Waals surface area contributed by atoms with Crippen LogP contribution in [0, 0.1) is 0 Å². The summed E-state index contributed by atoms with van der Waals surface area (Å²) in [4.78, 5) is 0. The number of rotatable bonds is 5. The molecule has 0 atom stereocenters. The molecule has 3 aromatic rings. The van der Waals surface area contributed by atoms with Gasteiger partial charge in [-0.15, -0.1) is 0 Å². The lowest BCUT2D eigenvalue weighted by Crippen LogP contribution is -2.02. The number of anilines is 1. The summed E-state index contributed by atoms with van der Waals surface area (Å²) in [7, 11) is 3.31. The first kappa shape index (κ1) is 13.3. The summed E-state index contributed by atoms with van der Waals surface area (Å²) in [5.41, 5.74) is 3.09. The summed E-state index contributed by atoms with van der Waals surface area (Å²) in [6, 6.07) is 11.9. The second-order valence-corrected chi connectivity index (χ2v) is 4.67. The molecule has 0 aliphatic heterocycles. The van der Waals surface area contributed by atoms with Gasteiger partial charge in [-0.25, -0.2) is 0 Å². The number of nitrogens with zero attached hydrogens (tertiary/aromatic N) is 1. The fourth-order valence-corrected chi connectivity index (χ4v) is 2.30. The van der Waals surface area contributed by atoms with Crippen molar-refractivity contribution in [2.45, 2.75) is 6.54 Å². The Balaban J connectivity index is 1.83. The number of H-pyrrole nitrogens is 1. The van der Waals surface area contributed by atoms with Gasteiger partial charge in [0.2, 0.25) is 0 Å². The van der Waals surface area contributed by atoms with Crippen LogP contribution in [0.5, 0.6) is 11.5 Å². The molecule has 0 amide bonds. The molecule has 21 heavy (non-hydrogen) atoms. The van der Waals surface area contributed by atoms with E-state index < -0.39 is 0 Å². The van der Waals surface area contributed by atoms with E-state index in [9.17, 15) is 0 Å². The lowest BCUT2D eigenvalue weighted by atomic mass is 10.1. The van der Waals surface area contributed by atoms with Gasteiger partial charge < -0.3 is 14.8 Å². The predicted octanol–water partition coefficient (Wildman–Crippen LogP) is 3.19. The average molecular weight is 283 g/mol. The van der Waals surface area contributed by atoms with Gasteiger partial charge in [0.25, 0.3) is 0 Å². The number of hydrogen-bond donors (Lipinski definition) is 2. The minimum Gasteiger partial charge on any atom is -0.497 e. The van der Waals surface area contributed by atoms with Gasteiger partial charge in [-0.1, -0.05) is 12.1 Å². The summed E-state index contributed by atoms with van der Waals surface area (Å²) in [6.45, 7) is 0.658. The van der Waals surface area contributed by atoms with Crippen molar-refractivity contribution in [3.8, 4) is 11.5 Å². The first-order valence-electron chi connectivity index (χ1n) is 6.68. The number of hydrogen-bond acceptors (Lipinski definition) is 4. The summed E-state index contributed by atoms with van der Waals surface area (Å²) in [5.74, 6) is 1.59. The molecule has 0 fully saturated rings. The van der Waals surface area contributed by atoms with E-state index in [1.807, 2.05) is 42.6 Å². The van der Waals surface area contributed by atoms with Crippen LogP contribution in [0.4, 0.5) is 5.69 Å². The van der Waals surface area contributed by atoms with Crippen molar-refractivity contribution in [1.29, 1.82) is 0 Å². The van der Waals surface area contributed by atoms with Crippen LogP contribution in [0.25, 0.3) is 10.9 Å². The average Bonchev–Trinajstić information content (AvgIpc) is 3.01. The Morgan fingerprint density at radius 3 is 2.86 bits per heavy atom. The molecular formula is C16H17N3O2. The van der Waals surface area contributed by atoms with E-state index in [1.165, 1.54) is 0 Å². The van der Waals surface area contributed by atoms with Crippen molar-refractivity contribution in [3.05, 3.63) is 48.2 Å². The molecule has 0 saturated heterocycles. The smallest absolute Gasteiger partial charge is 0.127 e. The van der Waals surface area contributed by atoms with Gasteiger partial charge in [0.1, 0.15) is 11.5 Å². The van der Waals surface area contributed by atoms with Gasteiger partial charge in [0.05, 0.1) is 31.6 Å². The Morgan fingerprint density at radius 2 is 2.05 bits per heavy atom. The highest BCUT2D eigenvalue weighted by atomic mass is 16.5. The molecule has 1 aromatic heterocycles. The van der Waals surface area contributed by atoms with Crippen molar-refractivity contribution >= 4 is 16.6 Å². The maximum Gasteiger partial charge on any atom is 0.127 e. The molecule has 0 unspecified atom stereocenters. The van der Waals surface area contributed by atoms with E-state index in [4.69, 9.17) is 9.47 Å². The van der Waals surface area contributed by atoms with Gasteiger partial charge in [-0.05, 0) is 18.2 Å². The van der Waals surface area contributed by atoms with Crippen LogP contribution < -0.4 is 14.8 Å². The molecule has 5 nitrogen and oxygen atoms in total. The third-order valence-electron chi connectivity index (χ3n) is 3.44. The molecule has 0 spiro atoms. The van der Waals surface area contributed by atoms with E-state index in [2.05, 4.69) is 15.5 Å². The Kier molecular flexibility index (Phi) is 3.64. The highest BCUT2D eigenvalue weighted by Crippen LogP contribution is 2.26. The normalized spacial score (nSPS) is 10.6. The first-order chi connectivity index (χ1) is 10.3. The van der Waals surface area contributed by atoms with Crippen molar-refractivity contribution in [3.63, 3.8) is 0 Å². The van der Waals surface area contributed by atoms with E-state index in [0.29, 0.717) is 6.54 Å². The highest BCUT2D eigenvalue weighted by molar-refractivity contribution is 5.89. The zero-order chi connectivity index (χ0) is 14.7. The Hall–Kier alpha value is -2.69. The van der Waals surface area contributed by atoms with Crippen molar-refractivity contribution in [2.24, 2.45) is 0 Å². The van der Waals surface area contributed by atoms with Gasteiger partial charge >= 0.3 is 0 Å². The molecule has 2 N–H and O–H groups in total.